The molecule has 0 amide bonds. The summed E-state index contributed by atoms with van der Waals surface area (Å²) < 4.78 is 38.9. The lowest BCUT2D eigenvalue weighted by Gasteiger charge is -2.37. The molecule has 2 aromatic carbocycles. The zero-order valence-electron chi connectivity index (χ0n) is 15.5. The highest BCUT2D eigenvalue weighted by Crippen LogP contribution is 2.30. The van der Waals surface area contributed by atoms with Crippen LogP contribution in [0.3, 0.4) is 0 Å². The Kier molecular flexibility index (Phi) is 6.02. The highest BCUT2D eigenvalue weighted by atomic mass is 32.2. The van der Waals surface area contributed by atoms with Gasteiger partial charge in [-0.05, 0) is 43.2 Å². The Hall–Kier alpha value is -2.42. The van der Waals surface area contributed by atoms with Gasteiger partial charge < -0.3 is 14.6 Å². The zero-order valence-corrected chi connectivity index (χ0v) is 16.3. The quantitative estimate of drug-likeness (QED) is 0.734. The van der Waals surface area contributed by atoms with E-state index in [1.165, 1.54) is 19.1 Å². The van der Waals surface area contributed by atoms with E-state index in [-0.39, 0.29) is 11.5 Å². The van der Waals surface area contributed by atoms with E-state index in [1.807, 2.05) is 30.3 Å². The molecule has 0 spiro atoms. The molecular formula is C20H23NO6S. The van der Waals surface area contributed by atoms with E-state index < -0.39 is 27.4 Å². The summed E-state index contributed by atoms with van der Waals surface area (Å²) in [5.41, 5.74) is -0.308. The molecule has 0 bridgehead atoms. The van der Waals surface area contributed by atoms with Crippen LogP contribution in [0.1, 0.15) is 18.9 Å². The van der Waals surface area contributed by atoms with E-state index in [4.69, 9.17) is 9.47 Å². The van der Waals surface area contributed by atoms with Crippen LogP contribution in [0.5, 0.6) is 5.75 Å². The maximum atomic E-state index is 12.7. The summed E-state index contributed by atoms with van der Waals surface area (Å²) in [5.74, 6) is -0.547. The number of ether oxygens (including phenoxy) is 2. The van der Waals surface area contributed by atoms with Gasteiger partial charge in [0.15, 0.2) is 0 Å². The minimum atomic E-state index is -3.87. The number of aliphatic carboxylic acids is 1. The lowest BCUT2D eigenvalue weighted by atomic mass is 9.80. The van der Waals surface area contributed by atoms with Crippen LogP contribution in [0, 0.1) is 5.41 Å². The Labute approximate surface area is 164 Å². The van der Waals surface area contributed by atoms with Crippen LogP contribution in [0.25, 0.3) is 0 Å². The second kappa shape index (κ2) is 8.30. The third-order valence-corrected chi connectivity index (χ3v) is 6.38. The summed E-state index contributed by atoms with van der Waals surface area (Å²) in [6.45, 7) is 2.14. The molecule has 2 N–H and O–H groups in total. The zero-order chi connectivity index (χ0) is 20.2. The maximum Gasteiger partial charge on any atom is 0.313 e. The summed E-state index contributed by atoms with van der Waals surface area (Å²) >= 11 is 0. The van der Waals surface area contributed by atoms with Crippen molar-refractivity contribution in [3.8, 4) is 5.75 Å². The molecule has 8 heteroatoms. The van der Waals surface area contributed by atoms with E-state index in [9.17, 15) is 18.3 Å². The van der Waals surface area contributed by atoms with E-state index in [2.05, 4.69) is 4.72 Å². The number of carboxylic acids is 1. The van der Waals surface area contributed by atoms with Crippen LogP contribution in [0.4, 0.5) is 0 Å². The predicted octanol–water partition coefficient (Wildman–Crippen LogP) is 2.42. The standard InChI is InChI=1S/C20H23NO6S/c1-20(19(22)23)14-26-12-11-18(20)21-28(24,25)17-9-7-16(8-10-17)27-13-15-5-3-2-4-6-15/h2-10,18,21H,11-14H2,1H3,(H,22,23). The van der Waals surface area contributed by atoms with Crippen molar-refractivity contribution in [2.75, 3.05) is 13.2 Å². The van der Waals surface area contributed by atoms with Crippen molar-refractivity contribution in [1.82, 2.24) is 4.72 Å². The number of carboxylic acid groups (broad SMARTS) is 1. The van der Waals surface area contributed by atoms with Crippen LogP contribution >= 0.6 is 0 Å². The molecule has 1 heterocycles. The van der Waals surface area contributed by atoms with Crippen molar-refractivity contribution >= 4 is 16.0 Å². The van der Waals surface area contributed by atoms with Crippen molar-refractivity contribution in [1.29, 1.82) is 0 Å². The average Bonchev–Trinajstić information content (AvgIpc) is 2.69. The molecule has 28 heavy (non-hydrogen) atoms. The van der Waals surface area contributed by atoms with E-state index in [0.717, 1.165) is 5.56 Å². The number of rotatable bonds is 7. The fourth-order valence-electron chi connectivity index (χ4n) is 3.02. The Balaban J connectivity index is 1.69. The molecule has 1 aliphatic heterocycles. The van der Waals surface area contributed by atoms with Crippen molar-refractivity contribution in [2.24, 2.45) is 5.41 Å². The van der Waals surface area contributed by atoms with Gasteiger partial charge in [0.1, 0.15) is 17.8 Å². The molecule has 1 saturated heterocycles. The predicted molar refractivity (Wildman–Crippen MR) is 103 cm³/mol. The highest BCUT2D eigenvalue weighted by Gasteiger charge is 2.46. The molecule has 3 rings (SSSR count). The molecule has 1 aliphatic rings. The van der Waals surface area contributed by atoms with Crippen molar-refractivity contribution in [3.63, 3.8) is 0 Å². The van der Waals surface area contributed by atoms with Gasteiger partial charge in [-0.25, -0.2) is 13.1 Å². The first-order chi connectivity index (χ1) is 13.3. The van der Waals surface area contributed by atoms with E-state index >= 15 is 0 Å². The Morgan fingerprint density at radius 3 is 2.54 bits per heavy atom. The van der Waals surface area contributed by atoms with Gasteiger partial charge in [0.2, 0.25) is 10.0 Å². The Morgan fingerprint density at radius 1 is 1.21 bits per heavy atom. The third kappa shape index (κ3) is 4.52. The van der Waals surface area contributed by atoms with Gasteiger partial charge in [-0.1, -0.05) is 30.3 Å². The topological polar surface area (TPSA) is 102 Å². The van der Waals surface area contributed by atoms with Gasteiger partial charge in [-0.3, -0.25) is 4.79 Å². The number of sulfonamides is 1. The fraction of sp³-hybridized carbons (Fsp3) is 0.350. The van der Waals surface area contributed by atoms with Gasteiger partial charge in [-0.2, -0.15) is 0 Å². The van der Waals surface area contributed by atoms with Gasteiger partial charge in [-0.15, -0.1) is 0 Å². The van der Waals surface area contributed by atoms with Crippen molar-refractivity contribution < 1.29 is 27.8 Å². The largest absolute Gasteiger partial charge is 0.489 e. The molecule has 150 valence electrons. The monoisotopic (exact) mass is 405 g/mol. The van der Waals surface area contributed by atoms with E-state index in [1.54, 1.807) is 12.1 Å². The average molecular weight is 405 g/mol. The Morgan fingerprint density at radius 2 is 1.89 bits per heavy atom. The molecular weight excluding hydrogens is 382 g/mol. The van der Waals surface area contributed by atoms with Gasteiger partial charge in [0.05, 0.1) is 11.5 Å². The second-order valence-corrected chi connectivity index (χ2v) is 8.70. The van der Waals surface area contributed by atoms with Gasteiger partial charge >= 0.3 is 5.97 Å². The lowest BCUT2D eigenvalue weighted by molar-refractivity contribution is -0.157. The summed E-state index contributed by atoms with van der Waals surface area (Å²) in [6.07, 6.45) is 0.292. The summed E-state index contributed by atoms with van der Waals surface area (Å²) in [6, 6.07) is 14.9. The number of hydrogen-bond donors (Lipinski definition) is 2. The molecule has 0 aliphatic carbocycles. The summed E-state index contributed by atoms with van der Waals surface area (Å²) in [7, 11) is -3.87. The van der Waals surface area contributed by atoms with Crippen molar-refractivity contribution in [3.05, 3.63) is 60.2 Å². The number of hydrogen-bond acceptors (Lipinski definition) is 5. The number of carbonyl (C=O) groups is 1. The van der Waals surface area contributed by atoms with Crippen LogP contribution in [0.2, 0.25) is 0 Å². The minimum absolute atomic E-state index is 0.0399. The molecule has 1 fully saturated rings. The lowest BCUT2D eigenvalue weighted by Crippen LogP contribution is -2.55. The van der Waals surface area contributed by atoms with Crippen LogP contribution in [-0.4, -0.2) is 38.7 Å². The highest BCUT2D eigenvalue weighted by molar-refractivity contribution is 7.89. The third-order valence-electron chi connectivity index (χ3n) is 4.89. The second-order valence-electron chi connectivity index (χ2n) is 6.98. The molecule has 7 nitrogen and oxygen atoms in total. The first-order valence-electron chi connectivity index (χ1n) is 8.91. The summed E-state index contributed by atoms with van der Waals surface area (Å²) in [5, 5.41) is 9.49. The maximum absolute atomic E-state index is 12.7. The van der Waals surface area contributed by atoms with E-state index in [0.29, 0.717) is 25.4 Å². The van der Waals surface area contributed by atoms with Crippen LogP contribution in [0.15, 0.2) is 59.5 Å². The minimum Gasteiger partial charge on any atom is -0.489 e. The summed E-state index contributed by atoms with van der Waals surface area (Å²) in [4.78, 5) is 11.7. The molecule has 0 saturated carbocycles. The van der Waals surface area contributed by atoms with Gasteiger partial charge in [0, 0.05) is 12.6 Å². The molecule has 0 radical (unpaired) electrons. The van der Waals surface area contributed by atoms with Crippen LogP contribution in [-0.2, 0) is 26.2 Å². The number of benzene rings is 2. The van der Waals surface area contributed by atoms with Crippen molar-refractivity contribution in [2.45, 2.75) is 30.9 Å². The normalized spacial score (nSPS) is 22.5. The Bertz CT molecular complexity index is 913. The first-order valence-corrected chi connectivity index (χ1v) is 10.4. The smallest absolute Gasteiger partial charge is 0.313 e. The van der Waals surface area contributed by atoms with Crippen LogP contribution < -0.4 is 9.46 Å². The fourth-order valence-corrected chi connectivity index (χ4v) is 4.40. The molecule has 2 atom stereocenters. The first kappa shape index (κ1) is 20.3. The van der Waals surface area contributed by atoms with Gasteiger partial charge in [0.25, 0.3) is 0 Å². The molecule has 2 unspecified atom stereocenters. The SMILES string of the molecule is CC1(C(=O)O)COCCC1NS(=O)(=O)c1ccc(OCc2ccccc2)cc1. The molecule has 2 aromatic rings. The molecule has 0 aromatic heterocycles. The number of nitrogens with one attached hydrogen (secondary N) is 1.